The predicted octanol–water partition coefficient (Wildman–Crippen LogP) is 2.76. The second-order valence-electron chi connectivity index (χ2n) is 4.12. The molecule has 1 N–H and O–H groups in total. The molecule has 0 aliphatic heterocycles. The van der Waals surface area contributed by atoms with Gasteiger partial charge in [-0.05, 0) is 24.9 Å². The van der Waals surface area contributed by atoms with Gasteiger partial charge in [0.2, 0.25) is 5.91 Å². The molecule has 3 nitrogen and oxygen atoms in total. The standard InChI is InChI=1S/C10H15NO2S/c1-7-8(5-6-13-7)14-11-9(12)10(2,3)4/h5-6H,1-4H3,(H,11,12). The van der Waals surface area contributed by atoms with Crippen molar-refractivity contribution in [3.63, 3.8) is 0 Å². The van der Waals surface area contributed by atoms with Gasteiger partial charge < -0.3 is 4.42 Å². The van der Waals surface area contributed by atoms with Crippen molar-refractivity contribution in [2.75, 3.05) is 0 Å². The van der Waals surface area contributed by atoms with E-state index < -0.39 is 0 Å². The SMILES string of the molecule is Cc1occc1SNC(=O)C(C)(C)C. The van der Waals surface area contributed by atoms with Crippen LogP contribution in [0.15, 0.2) is 21.6 Å². The summed E-state index contributed by atoms with van der Waals surface area (Å²) < 4.78 is 7.89. The number of aryl methyl sites for hydroxylation is 1. The highest BCUT2D eigenvalue weighted by molar-refractivity contribution is 7.98. The number of hydrogen-bond acceptors (Lipinski definition) is 3. The van der Waals surface area contributed by atoms with Gasteiger partial charge in [-0.15, -0.1) is 0 Å². The zero-order chi connectivity index (χ0) is 10.8. The number of carbonyl (C=O) groups excluding carboxylic acids is 1. The second kappa shape index (κ2) is 4.09. The van der Waals surface area contributed by atoms with Crippen LogP contribution in [0.3, 0.4) is 0 Å². The van der Waals surface area contributed by atoms with E-state index >= 15 is 0 Å². The van der Waals surface area contributed by atoms with Gasteiger partial charge in [-0.2, -0.15) is 0 Å². The molecule has 1 heterocycles. The van der Waals surface area contributed by atoms with Gasteiger partial charge in [0.1, 0.15) is 5.76 Å². The lowest BCUT2D eigenvalue weighted by Gasteiger charge is -2.16. The largest absolute Gasteiger partial charge is 0.468 e. The predicted molar refractivity (Wildman–Crippen MR) is 56.9 cm³/mol. The molecule has 0 saturated heterocycles. The van der Waals surface area contributed by atoms with Crippen LogP contribution in [0.1, 0.15) is 26.5 Å². The van der Waals surface area contributed by atoms with Crippen molar-refractivity contribution >= 4 is 17.9 Å². The van der Waals surface area contributed by atoms with E-state index in [1.165, 1.54) is 11.9 Å². The lowest BCUT2D eigenvalue weighted by molar-refractivity contribution is -0.126. The van der Waals surface area contributed by atoms with Crippen LogP contribution in [0.4, 0.5) is 0 Å². The van der Waals surface area contributed by atoms with Gasteiger partial charge in [0, 0.05) is 5.41 Å². The summed E-state index contributed by atoms with van der Waals surface area (Å²) in [6.07, 6.45) is 1.61. The molecule has 78 valence electrons. The topological polar surface area (TPSA) is 42.2 Å². The Morgan fingerprint density at radius 2 is 2.14 bits per heavy atom. The van der Waals surface area contributed by atoms with E-state index in [-0.39, 0.29) is 11.3 Å². The summed E-state index contributed by atoms with van der Waals surface area (Å²) in [5, 5.41) is 0. The van der Waals surface area contributed by atoms with Crippen molar-refractivity contribution in [1.82, 2.24) is 4.72 Å². The molecule has 1 rings (SSSR count). The number of nitrogens with one attached hydrogen (secondary N) is 1. The number of furan rings is 1. The molecule has 0 fully saturated rings. The van der Waals surface area contributed by atoms with Gasteiger partial charge in [0.05, 0.1) is 11.2 Å². The Kier molecular flexibility index (Phi) is 3.26. The van der Waals surface area contributed by atoms with Gasteiger partial charge in [-0.25, -0.2) is 0 Å². The molecular weight excluding hydrogens is 198 g/mol. The summed E-state index contributed by atoms with van der Waals surface area (Å²) in [5.41, 5.74) is -0.357. The molecule has 1 aromatic rings. The Labute approximate surface area is 88.4 Å². The van der Waals surface area contributed by atoms with Crippen molar-refractivity contribution in [2.24, 2.45) is 5.41 Å². The molecule has 0 radical (unpaired) electrons. The molecule has 0 aliphatic rings. The minimum absolute atomic E-state index is 0.0168. The van der Waals surface area contributed by atoms with Crippen LogP contribution in [0.5, 0.6) is 0 Å². The monoisotopic (exact) mass is 213 g/mol. The fourth-order valence-electron chi connectivity index (χ4n) is 0.734. The molecule has 14 heavy (non-hydrogen) atoms. The third-order valence-corrected chi connectivity index (χ3v) is 2.68. The highest BCUT2D eigenvalue weighted by Crippen LogP contribution is 2.22. The fourth-order valence-corrected chi connectivity index (χ4v) is 1.56. The van der Waals surface area contributed by atoms with Crippen molar-refractivity contribution in [3.8, 4) is 0 Å². The Bertz CT molecular complexity index is 325. The lowest BCUT2D eigenvalue weighted by Crippen LogP contribution is -2.30. The van der Waals surface area contributed by atoms with Gasteiger partial charge in [0.25, 0.3) is 0 Å². The van der Waals surface area contributed by atoms with Crippen LogP contribution >= 0.6 is 11.9 Å². The second-order valence-corrected chi connectivity index (χ2v) is 4.97. The maximum absolute atomic E-state index is 11.5. The summed E-state index contributed by atoms with van der Waals surface area (Å²) in [5.74, 6) is 0.840. The van der Waals surface area contributed by atoms with E-state index in [2.05, 4.69) is 4.72 Å². The van der Waals surface area contributed by atoms with E-state index in [4.69, 9.17) is 4.42 Å². The minimum atomic E-state index is -0.357. The van der Waals surface area contributed by atoms with Crippen molar-refractivity contribution in [3.05, 3.63) is 18.1 Å². The molecule has 0 aromatic carbocycles. The molecule has 0 aliphatic carbocycles. The number of rotatable bonds is 2. The number of carbonyl (C=O) groups is 1. The molecule has 4 heteroatoms. The molecule has 0 saturated carbocycles. The quantitative estimate of drug-likeness (QED) is 0.768. The Balaban J connectivity index is 2.50. The normalized spacial score (nSPS) is 11.4. The molecule has 0 bridgehead atoms. The summed E-state index contributed by atoms with van der Waals surface area (Å²) in [4.78, 5) is 12.5. The number of amides is 1. The lowest BCUT2D eigenvalue weighted by atomic mass is 9.96. The van der Waals surface area contributed by atoms with Crippen LogP contribution in [-0.2, 0) is 4.79 Å². The van der Waals surface area contributed by atoms with Crippen LogP contribution in [0.2, 0.25) is 0 Å². The maximum atomic E-state index is 11.5. The van der Waals surface area contributed by atoms with E-state index in [9.17, 15) is 4.79 Å². The highest BCUT2D eigenvalue weighted by Gasteiger charge is 2.21. The first-order chi connectivity index (χ1) is 6.41. The van der Waals surface area contributed by atoms with Crippen LogP contribution in [0.25, 0.3) is 0 Å². The summed E-state index contributed by atoms with van der Waals surface area (Å²) in [7, 11) is 0. The van der Waals surface area contributed by atoms with Gasteiger partial charge >= 0.3 is 0 Å². The minimum Gasteiger partial charge on any atom is -0.468 e. The smallest absolute Gasteiger partial charge is 0.235 e. The van der Waals surface area contributed by atoms with Crippen LogP contribution < -0.4 is 4.72 Å². The first kappa shape index (κ1) is 11.2. The van der Waals surface area contributed by atoms with Crippen molar-refractivity contribution < 1.29 is 9.21 Å². The van der Waals surface area contributed by atoms with E-state index in [1.54, 1.807) is 6.26 Å². The average molecular weight is 213 g/mol. The van der Waals surface area contributed by atoms with Crippen molar-refractivity contribution in [2.45, 2.75) is 32.6 Å². The fraction of sp³-hybridized carbons (Fsp3) is 0.500. The molecule has 0 atom stereocenters. The Morgan fingerprint density at radius 1 is 1.50 bits per heavy atom. The molecule has 1 aromatic heterocycles. The maximum Gasteiger partial charge on any atom is 0.235 e. The van der Waals surface area contributed by atoms with Crippen LogP contribution in [0, 0.1) is 12.3 Å². The molecule has 0 unspecified atom stereocenters. The van der Waals surface area contributed by atoms with Crippen LogP contribution in [-0.4, -0.2) is 5.91 Å². The van der Waals surface area contributed by atoms with Gasteiger partial charge in [-0.1, -0.05) is 20.8 Å². The molecule has 1 amide bonds. The van der Waals surface area contributed by atoms with E-state index in [0.717, 1.165) is 10.7 Å². The highest BCUT2D eigenvalue weighted by atomic mass is 32.2. The Hall–Kier alpha value is -0.900. The van der Waals surface area contributed by atoms with E-state index in [0.29, 0.717) is 0 Å². The summed E-state index contributed by atoms with van der Waals surface area (Å²) >= 11 is 1.30. The van der Waals surface area contributed by atoms with E-state index in [1.807, 2.05) is 33.8 Å². The zero-order valence-electron chi connectivity index (χ0n) is 8.88. The average Bonchev–Trinajstić information content (AvgIpc) is 2.45. The molecular formula is C10H15NO2S. The number of hydrogen-bond donors (Lipinski definition) is 1. The summed E-state index contributed by atoms with van der Waals surface area (Å²) in [6, 6.07) is 1.84. The van der Waals surface area contributed by atoms with Gasteiger partial charge in [-0.3, -0.25) is 9.52 Å². The Morgan fingerprint density at radius 3 is 2.57 bits per heavy atom. The van der Waals surface area contributed by atoms with Crippen molar-refractivity contribution in [1.29, 1.82) is 0 Å². The third-order valence-electron chi connectivity index (χ3n) is 1.75. The first-order valence-corrected chi connectivity index (χ1v) is 5.24. The zero-order valence-corrected chi connectivity index (χ0v) is 9.70. The third kappa shape index (κ3) is 2.80. The molecule has 0 spiro atoms. The first-order valence-electron chi connectivity index (χ1n) is 4.42. The van der Waals surface area contributed by atoms with Gasteiger partial charge in [0.15, 0.2) is 0 Å². The summed E-state index contributed by atoms with van der Waals surface area (Å²) in [6.45, 7) is 7.51.